The molecule has 1 aromatic heterocycles. The van der Waals surface area contributed by atoms with Crippen molar-refractivity contribution in [3.8, 4) is 0 Å². The molecule has 2 fully saturated rings. The number of Topliss-reactive ketones (excluding diaryl/α,β-unsaturated/α-hetero) is 1. The highest BCUT2D eigenvalue weighted by atomic mass is 32.1. The highest BCUT2D eigenvalue weighted by Gasteiger charge is 2.35. The minimum absolute atomic E-state index is 0.0436. The molecule has 2 aliphatic rings. The molecule has 116 valence electrons. The summed E-state index contributed by atoms with van der Waals surface area (Å²) in [5.74, 6) is 0.176. The van der Waals surface area contributed by atoms with Gasteiger partial charge in [-0.05, 0) is 19.4 Å². The van der Waals surface area contributed by atoms with Gasteiger partial charge in [0.2, 0.25) is 0 Å². The first-order valence-electron chi connectivity index (χ1n) is 7.77. The van der Waals surface area contributed by atoms with E-state index in [1.165, 1.54) is 12.8 Å². The lowest BCUT2D eigenvalue weighted by Gasteiger charge is -2.34. The summed E-state index contributed by atoms with van der Waals surface area (Å²) in [4.78, 5) is 19.5. The second-order valence-corrected chi connectivity index (χ2v) is 8.08. The molecule has 2 unspecified atom stereocenters. The normalized spacial score (nSPS) is 26.8. The summed E-state index contributed by atoms with van der Waals surface area (Å²) in [7, 11) is 0. The van der Waals surface area contributed by atoms with Crippen molar-refractivity contribution in [1.82, 2.24) is 9.88 Å². The Bertz CT molecular complexity index is 521. The van der Waals surface area contributed by atoms with Gasteiger partial charge in [-0.3, -0.25) is 9.69 Å². The Morgan fingerprint density at radius 2 is 2.33 bits per heavy atom. The lowest BCUT2D eigenvalue weighted by molar-refractivity contribution is -0.137. The minimum Gasteiger partial charge on any atom is -0.367 e. The molecule has 5 heteroatoms. The fourth-order valence-corrected chi connectivity index (χ4v) is 4.04. The number of carbonyl (C=O) groups is 1. The number of nitrogens with zero attached hydrogens (tertiary/aromatic N) is 2. The number of aromatic nitrogens is 1. The molecule has 1 aromatic rings. The molecule has 4 nitrogen and oxygen atoms in total. The van der Waals surface area contributed by atoms with Crippen molar-refractivity contribution in [3.63, 3.8) is 0 Å². The number of carbonyl (C=O) groups excluding carboxylic acids is 1. The lowest BCUT2D eigenvalue weighted by Crippen LogP contribution is -2.49. The van der Waals surface area contributed by atoms with Crippen LogP contribution in [-0.4, -0.2) is 47.5 Å². The van der Waals surface area contributed by atoms with Gasteiger partial charge in [-0.25, -0.2) is 4.98 Å². The van der Waals surface area contributed by atoms with E-state index in [9.17, 15) is 4.79 Å². The fraction of sp³-hybridized carbons (Fsp3) is 0.750. The van der Waals surface area contributed by atoms with E-state index in [1.54, 1.807) is 11.3 Å². The average Bonchev–Trinajstić information content (AvgIpc) is 3.04. The van der Waals surface area contributed by atoms with Crippen molar-refractivity contribution >= 4 is 17.1 Å². The first-order chi connectivity index (χ1) is 9.93. The maximum Gasteiger partial charge on any atom is 0.169 e. The monoisotopic (exact) mass is 308 g/mol. The van der Waals surface area contributed by atoms with Crippen LogP contribution in [0, 0.1) is 0 Å². The number of ketones is 1. The van der Waals surface area contributed by atoms with Crippen LogP contribution >= 0.6 is 11.3 Å². The van der Waals surface area contributed by atoms with Gasteiger partial charge >= 0.3 is 0 Å². The van der Waals surface area contributed by atoms with Crippen LogP contribution < -0.4 is 0 Å². The summed E-state index contributed by atoms with van der Waals surface area (Å²) in [6, 6.07) is 0.543. The Morgan fingerprint density at radius 3 is 3.05 bits per heavy atom. The zero-order valence-corrected chi connectivity index (χ0v) is 13.9. The molecule has 0 aromatic carbocycles. The molecule has 0 amide bonds. The van der Waals surface area contributed by atoms with Crippen LogP contribution in [0.25, 0.3) is 0 Å². The number of thiazole rings is 1. The van der Waals surface area contributed by atoms with Crippen LogP contribution in [-0.2, 0) is 21.4 Å². The topological polar surface area (TPSA) is 42.4 Å². The minimum atomic E-state index is -0.263. The number of hydrogen-bond donors (Lipinski definition) is 0. The summed E-state index contributed by atoms with van der Waals surface area (Å²) in [5.41, 5.74) is 1.11. The van der Waals surface area contributed by atoms with Gasteiger partial charge in [0, 0.05) is 23.4 Å². The summed E-state index contributed by atoms with van der Waals surface area (Å²) >= 11 is 1.59. The maximum absolute atomic E-state index is 12.4. The Hall–Kier alpha value is -0.780. The molecular formula is C16H24N2O2S. The Balaban J connectivity index is 1.60. The first-order valence-corrected chi connectivity index (χ1v) is 8.65. The number of hydrogen-bond acceptors (Lipinski definition) is 5. The molecule has 0 aliphatic carbocycles. The van der Waals surface area contributed by atoms with Gasteiger partial charge in [0.15, 0.2) is 5.78 Å². The van der Waals surface area contributed by atoms with E-state index in [-0.39, 0.29) is 17.3 Å². The Labute approximate surface area is 130 Å². The third-order valence-corrected chi connectivity index (χ3v) is 5.24. The molecular weight excluding hydrogens is 284 g/mol. The van der Waals surface area contributed by atoms with Crippen molar-refractivity contribution < 1.29 is 9.53 Å². The third kappa shape index (κ3) is 3.35. The van der Waals surface area contributed by atoms with Crippen LogP contribution in [0.1, 0.15) is 44.3 Å². The number of fused-ring (bicyclic) bond motifs is 1. The Morgan fingerprint density at radius 1 is 1.52 bits per heavy atom. The number of ether oxygens (including phenoxy) is 1. The van der Waals surface area contributed by atoms with E-state index in [1.807, 2.05) is 0 Å². The van der Waals surface area contributed by atoms with Crippen molar-refractivity contribution in [2.45, 2.75) is 57.6 Å². The summed E-state index contributed by atoms with van der Waals surface area (Å²) < 4.78 is 5.79. The number of rotatable bonds is 3. The second-order valence-electron chi connectivity index (χ2n) is 7.13. The molecule has 2 atom stereocenters. The van der Waals surface area contributed by atoms with Crippen molar-refractivity contribution in [2.24, 2.45) is 0 Å². The van der Waals surface area contributed by atoms with Gasteiger partial charge in [-0.15, -0.1) is 11.3 Å². The van der Waals surface area contributed by atoms with E-state index in [2.05, 4.69) is 36.0 Å². The molecule has 3 heterocycles. The fourth-order valence-electron chi connectivity index (χ4n) is 3.01. The molecule has 21 heavy (non-hydrogen) atoms. The first kappa shape index (κ1) is 15.1. The lowest BCUT2D eigenvalue weighted by atomic mass is 9.93. The summed E-state index contributed by atoms with van der Waals surface area (Å²) in [6.45, 7) is 9.02. The van der Waals surface area contributed by atoms with Gasteiger partial charge in [-0.2, -0.15) is 0 Å². The predicted molar refractivity (Wildman–Crippen MR) is 83.9 cm³/mol. The maximum atomic E-state index is 12.4. The molecule has 2 aliphatic heterocycles. The molecule has 0 radical (unpaired) electrons. The van der Waals surface area contributed by atoms with Gasteiger partial charge in [0.05, 0.1) is 18.7 Å². The van der Waals surface area contributed by atoms with Gasteiger partial charge in [-0.1, -0.05) is 20.8 Å². The van der Waals surface area contributed by atoms with Crippen molar-refractivity contribution in [2.75, 3.05) is 19.7 Å². The van der Waals surface area contributed by atoms with E-state index < -0.39 is 0 Å². The second kappa shape index (κ2) is 5.78. The zero-order valence-electron chi connectivity index (χ0n) is 13.1. The Kier molecular flexibility index (Phi) is 4.17. The number of morpholine rings is 1. The smallest absolute Gasteiger partial charge is 0.169 e. The van der Waals surface area contributed by atoms with Gasteiger partial charge in [0.25, 0.3) is 0 Å². The molecule has 0 saturated carbocycles. The van der Waals surface area contributed by atoms with Gasteiger partial charge in [0.1, 0.15) is 11.1 Å². The standard InChI is InChI=1S/C16H24N2O2S/c1-16(2,3)14-10-21-15(17-14)7-12(19)13-8-18-6-4-5-11(18)9-20-13/h10-11,13H,4-9H2,1-3H3. The van der Waals surface area contributed by atoms with Crippen molar-refractivity contribution in [3.05, 3.63) is 16.1 Å². The summed E-state index contributed by atoms with van der Waals surface area (Å²) in [6.07, 6.45) is 2.59. The SMILES string of the molecule is CC(C)(C)c1csc(CC(=O)C2CN3CCCC3CO2)n1. The zero-order chi connectivity index (χ0) is 15.0. The predicted octanol–water partition coefficient (Wildman–Crippen LogP) is 2.42. The van der Waals surface area contributed by atoms with E-state index in [0.717, 1.165) is 23.8 Å². The molecule has 0 spiro atoms. The highest BCUT2D eigenvalue weighted by molar-refractivity contribution is 7.09. The third-order valence-electron chi connectivity index (χ3n) is 4.39. The summed E-state index contributed by atoms with van der Waals surface area (Å²) in [5, 5.41) is 2.98. The van der Waals surface area contributed by atoms with Crippen LogP contribution in [0.5, 0.6) is 0 Å². The molecule has 3 rings (SSSR count). The average molecular weight is 308 g/mol. The van der Waals surface area contributed by atoms with E-state index in [0.29, 0.717) is 19.1 Å². The van der Waals surface area contributed by atoms with Gasteiger partial charge < -0.3 is 4.74 Å². The molecule has 0 bridgehead atoms. The van der Waals surface area contributed by atoms with E-state index >= 15 is 0 Å². The molecule has 0 N–H and O–H groups in total. The molecule has 2 saturated heterocycles. The quantitative estimate of drug-likeness (QED) is 0.860. The van der Waals surface area contributed by atoms with Crippen LogP contribution in [0.4, 0.5) is 0 Å². The largest absolute Gasteiger partial charge is 0.367 e. The van der Waals surface area contributed by atoms with Crippen molar-refractivity contribution in [1.29, 1.82) is 0 Å². The van der Waals surface area contributed by atoms with Crippen LogP contribution in [0.3, 0.4) is 0 Å². The van der Waals surface area contributed by atoms with Crippen LogP contribution in [0.2, 0.25) is 0 Å². The highest BCUT2D eigenvalue weighted by Crippen LogP contribution is 2.26. The van der Waals surface area contributed by atoms with E-state index in [4.69, 9.17) is 4.74 Å². The van der Waals surface area contributed by atoms with Crippen LogP contribution in [0.15, 0.2) is 5.38 Å².